The van der Waals surface area contributed by atoms with Gasteiger partial charge in [-0.3, -0.25) is 4.79 Å². The molecule has 0 saturated heterocycles. The molecule has 0 aliphatic rings. The van der Waals surface area contributed by atoms with E-state index in [0.29, 0.717) is 5.56 Å². The second kappa shape index (κ2) is 5.63. The van der Waals surface area contributed by atoms with E-state index in [1.54, 1.807) is 0 Å². The summed E-state index contributed by atoms with van der Waals surface area (Å²) in [4.78, 5) is 10.8. The van der Waals surface area contributed by atoms with Crippen molar-refractivity contribution in [2.45, 2.75) is 11.8 Å². The Kier molecular flexibility index (Phi) is 4.43. The summed E-state index contributed by atoms with van der Waals surface area (Å²) in [5, 5.41) is 11.8. The number of benzene rings is 1. The number of carbonyl (C=O) groups is 1. The van der Waals surface area contributed by atoms with E-state index < -0.39 is 15.8 Å². The van der Waals surface area contributed by atoms with Gasteiger partial charge >= 0.3 is 5.97 Å². The van der Waals surface area contributed by atoms with Crippen LogP contribution in [0.3, 0.4) is 0 Å². The fourth-order valence-electron chi connectivity index (χ4n) is 1.23. The predicted octanol–water partition coefficient (Wildman–Crippen LogP) is 0.832. The monoisotopic (exact) mass is 271 g/mol. The van der Waals surface area contributed by atoms with Gasteiger partial charge in [0.15, 0.2) is 9.84 Å². The zero-order chi connectivity index (χ0) is 13.8. The van der Waals surface area contributed by atoms with E-state index in [1.165, 1.54) is 31.2 Å². The van der Waals surface area contributed by atoms with E-state index >= 15 is 0 Å². The summed E-state index contributed by atoms with van der Waals surface area (Å²) in [7, 11) is -3.27. The van der Waals surface area contributed by atoms with Crippen molar-refractivity contribution in [3.05, 3.63) is 29.8 Å². The lowest BCUT2D eigenvalue weighted by atomic mass is 10.1. The van der Waals surface area contributed by atoms with Crippen LogP contribution in [0.2, 0.25) is 0 Å². The van der Waals surface area contributed by atoms with Gasteiger partial charge in [-0.2, -0.15) is 0 Å². The molecule has 0 amide bonds. The number of hydrogen-bond donors (Lipinski definition) is 1. The second-order valence-electron chi connectivity index (χ2n) is 3.62. The number of esters is 1. The molecule has 0 bridgehead atoms. The van der Waals surface area contributed by atoms with Gasteiger partial charge in [0, 0.05) is 18.7 Å². The summed E-state index contributed by atoms with van der Waals surface area (Å²) in [6.07, 6.45) is 1.10. The summed E-state index contributed by atoms with van der Waals surface area (Å²) in [5.74, 6) is -0.496. The minimum Gasteiger partial charge on any atom is -0.459 e. The maximum absolute atomic E-state index is 11.2. The molecule has 7 heteroatoms. The fraction of sp³-hybridized carbons (Fsp3) is 0.273. The Balaban J connectivity index is 2.93. The fourth-order valence-corrected chi connectivity index (χ4v) is 1.86. The van der Waals surface area contributed by atoms with Gasteiger partial charge in [-0.05, 0) is 12.1 Å². The molecule has 1 N–H and O–H groups in total. The number of rotatable bonds is 4. The summed E-state index contributed by atoms with van der Waals surface area (Å²) >= 11 is 0. The third kappa shape index (κ3) is 3.85. The van der Waals surface area contributed by atoms with Crippen LogP contribution in [0.1, 0.15) is 12.5 Å². The second-order valence-corrected chi connectivity index (χ2v) is 5.64. The number of sulfone groups is 1. The van der Waals surface area contributed by atoms with Gasteiger partial charge in [0.2, 0.25) is 0 Å². The first-order valence-electron chi connectivity index (χ1n) is 4.99. The van der Waals surface area contributed by atoms with Crippen molar-refractivity contribution in [1.82, 2.24) is 0 Å². The van der Waals surface area contributed by atoms with Crippen LogP contribution < -0.4 is 0 Å². The van der Waals surface area contributed by atoms with Crippen molar-refractivity contribution >= 4 is 21.5 Å². The summed E-state index contributed by atoms with van der Waals surface area (Å²) in [6, 6.07) is 5.75. The minimum atomic E-state index is -3.27. The van der Waals surface area contributed by atoms with Gasteiger partial charge in [0.25, 0.3) is 0 Å². The Morgan fingerprint density at radius 3 is 2.28 bits per heavy atom. The topological polar surface area (TPSA) is 93.0 Å². The molecule has 6 nitrogen and oxygen atoms in total. The van der Waals surface area contributed by atoms with Crippen LogP contribution in [0.4, 0.5) is 0 Å². The average molecular weight is 271 g/mol. The van der Waals surface area contributed by atoms with Gasteiger partial charge in [0.05, 0.1) is 4.90 Å². The first-order chi connectivity index (χ1) is 8.34. The van der Waals surface area contributed by atoms with Crippen LogP contribution in [0, 0.1) is 0 Å². The molecule has 18 heavy (non-hydrogen) atoms. The van der Waals surface area contributed by atoms with Crippen molar-refractivity contribution in [2.24, 2.45) is 5.16 Å². The van der Waals surface area contributed by atoms with Gasteiger partial charge in [0.1, 0.15) is 12.3 Å². The van der Waals surface area contributed by atoms with Crippen LogP contribution in [0.25, 0.3) is 0 Å². The number of nitrogens with zero attached hydrogens (tertiary/aromatic N) is 1. The molecule has 0 spiro atoms. The van der Waals surface area contributed by atoms with E-state index in [4.69, 9.17) is 9.94 Å². The first-order valence-corrected chi connectivity index (χ1v) is 6.88. The summed E-state index contributed by atoms with van der Waals surface area (Å²) in [5.41, 5.74) is 0.622. The molecule has 0 fully saturated rings. The lowest BCUT2D eigenvalue weighted by Gasteiger charge is -2.05. The molecule has 0 unspecified atom stereocenters. The molecule has 0 atom stereocenters. The normalized spacial score (nSPS) is 12.2. The van der Waals surface area contributed by atoms with Gasteiger partial charge in [-0.25, -0.2) is 8.42 Å². The molecule has 0 aromatic heterocycles. The van der Waals surface area contributed by atoms with Crippen LogP contribution in [-0.2, 0) is 19.4 Å². The number of ether oxygens (including phenoxy) is 1. The van der Waals surface area contributed by atoms with Crippen molar-refractivity contribution in [3.8, 4) is 0 Å². The highest BCUT2D eigenvalue weighted by Crippen LogP contribution is 2.11. The van der Waals surface area contributed by atoms with Crippen LogP contribution in [-0.4, -0.2) is 38.2 Å². The number of oxime groups is 1. The van der Waals surface area contributed by atoms with E-state index in [1.807, 2.05) is 0 Å². The lowest BCUT2D eigenvalue weighted by molar-refractivity contribution is -0.139. The third-order valence-electron chi connectivity index (χ3n) is 2.15. The van der Waals surface area contributed by atoms with Crippen molar-refractivity contribution in [2.75, 3.05) is 12.9 Å². The Bertz CT molecular complexity index is 560. The maximum atomic E-state index is 11.2. The Labute approximate surface area is 105 Å². The smallest absolute Gasteiger partial charge is 0.303 e. The Hall–Kier alpha value is -1.89. The minimum absolute atomic E-state index is 0.144. The molecule has 98 valence electrons. The molecule has 1 rings (SSSR count). The highest BCUT2D eigenvalue weighted by Gasteiger charge is 2.10. The zero-order valence-electron chi connectivity index (χ0n) is 9.95. The molecule has 0 aliphatic heterocycles. The maximum Gasteiger partial charge on any atom is 0.303 e. The molecule has 0 aliphatic carbocycles. The highest BCUT2D eigenvalue weighted by atomic mass is 32.2. The standard InChI is InChI=1S/C11H13NO5S/c1-8(13)17-7-11(12-14)9-3-5-10(6-4-9)18(2,15)16/h3-6,14H,7H2,1-2H3. The summed E-state index contributed by atoms with van der Waals surface area (Å²) < 4.78 is 27.2. The zero-order valence-corrected chi connectivity index (χ0v) is 10.8. The molecule has 1 aromatic carbocycles. The number of carbonyl (C=O) groups excluding carboxylic acids is 1. The van der Waals surface area contributed by atoms with E-state index in [0.717, 1.165) is 6.26 Å². The van der Waals surface area contributed by atoms with Crippen LogP contribution in [0.5, 0.6) is 0 Å². The molecular weight excluding hydrogens is 258 g/mol. The largest absolute Gasteiger partial charge is 0.459 e. The van der Waals surface area contributed by atoms with Crippen molar-refractivity contribution < 1.29 is 23.2 Å². The van der Waals surface area contributed by atoms with Gasteiger partial charge in [-0.15, -0.1) is 0 Å². The van der Waals surface area contributed by atoms with Crippen LogP contribution >= 0.6 is 0 Å². The Morgan fingerprint density at radius 2 is 1.89 bits per heavy atom. The van der Waals surface area contributed by atoms with Crippen LogP contribution in [0.15, 0.2) is 34.3 Å². The molecular formula is C11H13NO5S. The molecule has 0 saturated carbocycles. The predicted molar refractivity (Wildman–Crippen MR) is 64.5 cm³/mol. The molecule has 0 radical (unpaired) electrons. The van der Waals surface area contributed by atoms with E-state index in [9.17, 15) is 13.2 Å². The molecule has 1 aromatic rings. The van der Waals surface area contributed by atoms with E-state index in [-0.39, 0.29) is 17.2 Å². The lowest BCUT2D eigenvalue weighted by Crippen LogP contribution is -2.13. The van der Waals surface area contributed by atoms with Gasteiger partial charge < -0.3 is 9.94 Å². The number of hydrogen-bond acceptors (Lipinski definition) is 6. The van der Waals surface area contributed by atoms with Crippen molar-refractivity contribution in [3.63, 3.8) is 0 Å². The SMILES string of the molecule is CC(=O)OCC(=NO)c1ccc(S(C)(=O)=O)cc1. The summed E-state index contributed by atoms with van der Waals surface area (Å²) in [6.45, 7) is 1.06. The average Bonchev–Trinajstić information content (AvgIpc) is 2.29. The third-order valence-corrected chi connectivity index (χ3v) is 3.28. The quantitative estimate of drug-likeness (QED) is 0.379. The molecule has 0 heterocycles. The first kappa shape index (κ1) is 14.2. The van der Waals surface area contributed by atoms with Crippen molar-refractivity contribution in [1.29, 1.82) is 0 Å². The Morgan fingerprint density at radius 1 is 1.33 bits per heavy atom. The van der Waals surface area contributed by atoms with E-state index in [2.05, 4.69) is 5.16 Å². The highest BCUT2D eigenvalue weighted by molar-refractivity contribution is 7.90. The van der Waals surface area contributed by atoms with Gasteiger partial charge in [-0.1, -0.05) is 17.3 Å².